The van der Waals surface area contributed by atoms with E-state index in [4.69, 9.17) is 4.42 Å². The van der Waals surface area contributed by atoms with E-state index in [1.54, 1.807) is 7.05 Å². The lowest BCUT2D eigenvalue weighted by atomic mass is 10.1. The molecule has 0 aliphatic carbocycles. The highest BCUT2D eigenvalue weighted by Gasteiger charge is 2.21. The largest absolute Gasteiger partial charge is 0.466 e. The van der Waals surface area contributed by atoms with Crippen molar-refractivity contribution in [2.45, 2.75) is 26.8 Å². The van der Waals surface area contributed by atoms with Crippen LogP contribution in [0, 0.1) is 24.0 Å². The fraction of sp³-hybridized carbons (Fsp3) is 0.417. The van der Waals surface area contributed by atoms with Crippen molar-refractivity contribution in [2.75, 3.05) is 5.32 Å². The van der Waals surface area contributed by atoms with Gasteiger partial charge in [-0.2, -0.15) is 0 Å². The lowest BCUT2D eigenvalue weighted by Crippen LogP contribution is -2.08. The molecular weight excluding hydrogens is 248 g/mol. The Kier molecular flexibility index (Phi) is 3.28. The summed E-state index contributed by atoms with van der Waals surface area (Å²) in [5, 5.41) is 18.0. The molecule has 0 aromatic carbocycles. The molecule has 7 heteroatoms. The summed E-state index contributed by atoms with van der Waals surface area (Å²) in [6.07, 6.45) is 1.38. The van der Waals surface area contributed by atoms with Crippen LogP contribution in [0.1, 0.15) is 30.0 Å². The average Bonchev–Trinajstić information content (AvgIpc) is 2.81. The van der Waals surface area contributed by atoms with Gasteiger partial charge in [-0.25, -0.2) is 0 Å². The van der Waals surface area contributed by atoms with E-state index in [1.165, 1.54) is 10.9 Å². The van der Waals surface area contributed by atoms with Crippen LogP contribution in [0.3, 0.4) is 0 Å². The Morgan fingerprint density at radius 3 is 2.74 bits per heavy atom. The molecule has 19 heavy (non-hydrogen) atoms. The Labute approximate surface area is 110 Å². The summed E-state index contributed by atoms with van der Waals surface area (Å²) in [5.41, 5.74) is 0.935. The number of hydrogen-bond donors (Lipinski definition) is 1. The summed E-state index contributed by atoms with van der Waals surface area (Å²) in [7, 11) is 1.65. The molecule has 2 aromatic heterocycles. The molecule has 0 aliphatic heterocycles. The molecule has 0 saturated carbocycles. The molecule has 2 aromatic rings. The second-order valence-corrected chi connectivity index (χ2v) is 4.53. The molecule has 0 fully saturated rings. The summed E-state index contributed by atoms with van der Waals surface area (Å²) < 4.78 is 6.87. The van der Waals surface area contributed by atoms with Crippen LogP contribution >= 0.6 is 0 Å². The Balaban J connectivity index is 2.26. The lowest BCUT2D eigenvalue weighted by molar-refractivity contribution is -0.384. The van der Waals surface area contributed by atoms with E-state index < -0.39 is 4.92 Å². The van der Waals surface area contributed by atoms with Crippen LogP contribution < -0.4 is 5.32 Å². The van der Waals surface area contributed by atoms with E-state index >= 15 is 0 Å². The Morgan fingerprint density at radius 2 is 2.21 bits per heavy atom. The third kappa shape index (κ3) is 2.59. The summed E-state index contributed by atoms with van der Waals surface area (Å²) >= 11 is 0. The van der Waals surface area contributed by atoms with Crippen LogP contribution in [-0.2, 0) is 7.05 Å². The fourth-order valence-corrected chi connectivity index (χ4v) is 2.08. The summed E-state index contributed by atoms with van der Waals surface area (Å²) in [6, 6.07) is 1.80. The SMILES string of the molecule is Cc1cc(C(C)Nc2nn(C)cc2[N+](=O)[O-])c(C)o1. The van der Waals surface area contributed by atoms with Gasteiger partial charge in [-0.3, -0.25) is 14.8 Å². The Morgan fingerprint density at radius 1 is 1.53 bits per heavy atom. The molecule has 2 rings (SSSR count). The van der Waals surface area contributed by atoms with Gasteiger partial charge in [-0.1, -0.05) is 0 Å². The van der Waals surface area contributed by atoms with E-state index in [0.717, 1.165) is 17.1 Å². The first-order valence-electron chi connectivity index (χ1n) is 5.90. The molecule has 0 spiro atoms. The minimum absolute atomic E-state index is 0.0350. The van der Waals surface area contributed by atoms with E-state index in [-0.39, 0.29) is 17.5 Å². The van der Waals surface area contributed by atoms with Crippen molar-refractivity contribution in [3.8, 4) is 0 Å². The van der Waals surface area contributed by atoms with Crippen LogP contribution in [0.5, 0.6) is 0 Å². The number of hydrogen-bond acceptors (Lipinski definition) is 5. The number of furan rings is 1. The maximum Gasteiger partial charge on any atom is 0.330 e. The van der Waals surface area contributed by atoms with Gasteiger partial charge >= 0.3 is 5.69 Å². The molecule has 2 heterocycles. The summed E-state index contributed by atoms with van der Waals surface area (Å²) in [4.78, 5) is 10.5. The van der Waals surface area contributed by atoms with Gasteiger partial charge in [-0.05, 0) is 26.8 Å². The zero-order valence-electron chi connectivity index (χ0n) is 11.3. The van der Waals surface area contributed by atoms with Gasteiger partial charge in [-0.15, -0.1) is 5.10 Å². The Hall–Kier alpha value is -2.31. The fourth-order valence-electron chi connectivity index (χ4n) is 2.08. The second-order valence-electron chi connectivity index (χ2n) is 4.53. The van der Waals surface area contributed by atoms with Gasteiger partial charge in [0, 0.05) is 12.6 Å². The third-order valence-electron chi connectivity index (χ3n) is 2.91. The molecule has 0 aliphatic rings. The highest BCUT2D eigenvalue weighted by Crippen LogP contribution is 2.28. The molecule has 0 amide bonds. The van der Waals surface area contributed by atoms with Gasteiger partial charge < -0.3 is 9.73 Å². The number of nitro groups is 1. The van der Waals surface area contributed by atoms with Crippen molar-refractivity contribution in [1.82, 2.24) is 9.78 Å². The van der Waals surface area contributed by atoms with Crippen molar-refractivity contribution in [3.63, 3.8) is 0 Å². The summed E-state index contributed by atoms with van der Waals surface area (Å²) in [6.45, 7) is 5.65. The Bertz CT molecular complexity index is 615. The van der Waals surface area contributed by atoms with Gasteiger partial charge in [0.1, 0.15) is 17.7 Å². The minimum atomic E-state index is -0.449. The topological polar surface area (TPSA) is 86.1 Å². The average molecular weight is 264 g/mol. The lowest BCUT2D eigenvalue weighted by Gasteiger charge is -2.11. The highest BCUT2D eigenvalue weighted by atomic mass is 16.6. The van der Waals surface area contributed by atoms with Crippen molar-refractivity contribution in [2.24, 2.45) is 7.05 Å². The van der Waals surface area contributed by atoms with Crippen molar-refractivity contribution in [3.05, 3.63) is 39.5 Å². The molecule has 102 valence electrons. The normalized spacial score (nSPS) is 12.4. The second kappa shape index (κ2) is 4.75. The van der Waals surface area contributed by atoms with Crippen LogP contribution in [0.4, 0.5) is 11.5 Å². The van der Waals surface area contributed by atoms with Crippen LogP contribution in [0.15, 0.2) is 16.7 Å². The first-order chi connectivity index (χ1) is 8.88. The number of rotatable bonds is 4. The maximum atomic E-state index is 10.9. The van der Waals surface area contributed by atoms with Crippen LogP contribution in [0.25, 0.3) is 0 Å². The molecule has 7 nitrogen and oxygen atoms in total. The first kappa shape index (κ1) is 13.1. The first-order valence-corrected chi connectivity index (χ1v) is 5.90. The van der Waals surface area contributed by atoms with E-state index in [2.05, 4.69) is 10.4 Å². The molecule has 1 atom stereocenters. The maximum absolute atomic E-state index is 10.9. The summed E-state index contributed by atoms with van der Waals surface area (Å²) in [5.74, 6) is 1.88. The van der Waals surface area contributed by atoms with E-state index in [1.807, 2.05) is 26.8 Å². The monoisotopic (exact) mass is 264 g/mol. The van der Waals surface area contributed by atoms with Crippen LogP contribution in [-0.4, -0.2) is 14.7 Å². The molecule has 1 unspecified atom stereocenters. The van der Waals surface area contributed by atoms with Crippen molar-refractivity contribution >= 4 is 11.5 Å². The predicted octanol–water partition coefficient (Wildman–Crippen LogP) is 2.71. The number of anilines is 1. The zero-order valence-corrected chi connectivity index (χ0v) is 11.3. The quantitative estimate of drug-likeness (QED) is 0.677. The van der Waals surface area contributed by atoms with E-state index in [9.17, 15) is 10.1 Å². The van der Waals surface area contributed by atoms with Gasteiger partial charge in [0.2, 0.25) is 5.82 Å². The number of aryl methyl sites for hydroxylation is 3. The molecule has 0 radical (unpaired) electrons. The third-order valence-corrected chi connectivity index (χ3v) is 2.91. The zero-order chi connectivity index (χ0) is 14.2. The van der Waals surface area contributed by atoms with E-state index in [0.29, 0.717) is 0 Å². The molecular formula is C12H16N4O3. The highest BCUT2D eigenvalue weighted by molar-refractivity contribution is 5.55. The van der Waals surface area contributed by atoms with Gasteiger partial charge in [0.05, 0.1) is 11.0 Å². The van der Waals surface area contributed by atoms with Crippen molar-refractivity contribution < 1.29 is 9.34 Å². The van der Waals surface area contributed by atoms with Gasteiger partial charge in [0.15, 0.2) is 0 Å². The standard InChI is InChI=1S/C12H16N4O3/c1-7-5-10(9(3)19-7)8(2)13-12-11(16(17)18)6-15(4)14-12/h5-6,8H,1-4H3,(H,13,14). The molecule has 1 N–H and O–H groups in total. The molecule has 0 saturated heterocycles. The number of nitrogens with zero attached hydrogens (tertiary/aromatic N) is 3. The molecule has 0 bridgehead atoms. The van der Waals surface area contributed by atoms with Gasteiger partial charge in [0.25, 0.3) is 0 Å². The number of aromatic nitrogens is 2. The predicted molar refractivity (Wildman–Crippen MR) is 70.1 cm³/mol. The smallest absolute Gasteiger partial charge is 0.330 e. The van der Waals surface area contributed by atoms with Crippen molar-refractivity contribution in [1.29, 1.82) is 0 Å². The minimum Gasteiger partial charge on any atom is -0.466 e. The number of nitrogens with one attached hydrogen (secondary N) is 1. The van der Waals surface area contributed by atoms with Crippen LogP contribution in [0.2, 0.25) is 0 Å².